The fourth-order valence-corrected chi connectivity index (χ4v) is 2.05. The quantitative estimate of drug-likeness (QED) is 0.737. The highest BCUT2D eigenvalue weighted by atomic mass is 32.1. The highest BCUT2D eigenvalue weighted by molar-refractivity contribution is 7.09. The highest BCUT2D eigenvalue weighted by Crippen LogP contribution is 2.08. The number of rotatable bonds is 8. The summed E-state index contributed by atoms with van der Waals surface area (Å²) in [5.41, 5.74) is 0.853. The minimum Gasteiger partial charge on any atom is -0.381 e. The van der Waals surface area contributed by atoms with E-state index < -0.39 is 0 Å². The molecule has 0 bridgehead atoms. The van der Waals surface area contributed by atoms with E-state index in [1.807, 2.05) is 12.3 Å². The summed E-state index contributed by atoms with van der Waals surface area (Å²) in [5.74, 6) is 0.594. The maximum Gasteiger partial charge on any atom is 0.226 e. The van der Waals surface area contributed by atoms with Gasteiger partial charge in [-0.2, -0.15) is 0 Å². The Bertz CT molecular complexity index is 364. The van der Waals surface area contributed by atoms with Crippen molar-refractivity contribution in [1.29, 1.82) is 0 Å². The Kier molecular flexibility index (Phi) is 6.90. The molecule has 1 aromatic rings. The van der Waals surface area contributed by atoms with Gasteiger partial charge in [0.15, 0.2) is 0 Å². The Balaban J connectivity index is 2.03. The largest absolute Gasteiger partial charge is 0.381 e. The van der Waals surface area contributed by atoms with E-state index in [9.17, 15) is 4.79 Å². The van der Waals surface area contributed by atoms with Gasteiger partial charge in [0.2, 0.25) is 5.91 Å². The monoisotopic (exact) mass is 270 g/mol. The van der Waals surface area contributed by atoms with Gasteiger partial charge in [0, 0.05) is 25.1 Å². The first-order valence-corrected chi connectivity index (χ1v) is 7.21. The molecule has 0 aliphatic rings. The van der Waals surface area contributed by atoms with Crippen molar-refractivity contribution in [2.24, 2.45) is 5.92 Å². The second-order valence-electron chi connectivity index (χ2n) is 4.71. The normalized spacial score (nSPS) is 10.9. The van der Waals surface area contributed by atoms with E-state index in [1.165, 1.54) is 0 Å². The van der Waals surface area contributed by atoms with Crippen molar-refractivity contribution >= 4 is 17.2 Å². The number of ether oxygens (including phenoxy) is 1. The van der Waals surface area contributed by atoms with Crippen LogP contribution in [-0.4, -0.2) is 30.6 Å². The molecule has 4 nitrogen and oxygen atoms in total. The zero-order valence-electron chi connectivity index (χ0n) is 11.4. The predicted octanol–water partition coefficient (Wildman–Crippen LogP) is 2.17. The first-order valence-electron chi connectivity index (χ1n) is 6.33. The van der Waals surface area contributed by atoms with Crippen LogP contribution in [0.15, 0.2) is 5.38 Å². The number of carbonyl (C=O) groups is 1. The van der Waals surface area contributed by atoms with Crippen LogP contribution in [0.3, 0.4) is 0 Å². The van der Waals surface area contributed by atoms with Crippen molar-refractivity contribution in [3.05, 3.63) is 16.1 Å². The number of aromatic nitrogens is 1. The Morgan fingerprint density at radius 2 is 2.33 bits per heavy atom. The van der Waals surface area contributed by atoms with Crippen LogP contribution in [0.5, 0.6) is 0 Å². The van der Waals surface area contributed by atoms with Crippen molar-refractivity contribution in [2.45, 2.75) is 33.6 Å². The van der Waals surface area contributed by atoms with Crippen LogP contribution >= 0.6 is 11.3 Å². The molecule has 0 fully saturated rings. The summed E-state index contributed by atoms with van der Waals surface area (Å²) < 4.78 is 5.44. The number of thiazole rings is 1. The van der Waals surface area contributed by atoms with Crippen LogP contribution < -0.4 is 5.32 Å². The van der Waals surface area contributed by atoms with Gasteiger partial charge in [-0.1, -0.05) is 13.8 Å². The Labute approximate surface area is 113 Å². The lowest BCUT2D eigenvalue weighted by Gasteiger charge is -2.07. The molecule has 1 rings (SSSR count). The standard InChI is InChI=1S/C13H22N2O2S/c1-10(2)8-17-6-4-5-14-13(16)7-12-9-18-11(3)15-12/h9-10H,4-8H2,1-3H3,(H,14,16). The number of nitrogens with zero attached hydrogens (tertiary/aromatic N) is 1. The van der Waals surface area contributed by atoms with E-state index in [4.69, 9.17) is 4.74 Å². The lowest BCUT2D eigenvalue weighted by Crippen LogP contribution is -2.27. The molecule has 0 unspecified atom stereocenters. The van der Waals surface area contributed by atoms with E-state index in [2.05, 4.69) is 24.1 Å². The highest BCUT2D eigenvalue weighted by Gasteiger charge is 2.05. The third kappa shape index (κ3) is 6.71. The number of hydrogen-bond acceptors (Lipinski definition) is 4. The zero-order valence-corrected chi connectivity index (χ0v) is 12.2. The third-order valence-electron chi connectivity index (χ3n) is 2.25. The van der Waals surface area contributed by atoms with Crippen molar-refractivity contribution in [2.75, 3.05) is 19.8 Å². The van der Waals surface area contributed by atoms with Gasteiger partial charge < -0.3 is 10.1 Å². The van der Waals surface area contributed by atoms with E-state index in [-0.39, 0.29) is 5.91 Å². The minimum atomic E-state index is 0.0316. The Morgan fingerprint density at radius 1 is 1.56 bits per heavy atom. The fourth-order valence-electron chi connectivity index (χ4n) is 1.44. The third-order valence-corrected chi connectivity index (χ3v) is 3.07. The van der Waals surface area contributed by atoms with Crippen LogP contribution in [0.4, 0.5) is 0 Å². The van der Waals surface area contributed by atoms with Gasteiger partial charge in [0.05, 0.1) is 17.1 Å². The van der Waals surface area contributed by atoms with E-state index in [0.29, 0.717) is 25.5 Å². The number of amides is 1. The molecule has 0 aliphatic heterocycles. The second kappa shape index (κ2) is 8.21. The van der Waals surface area contributed by atoms with Crippen LogP contribution in [0.25, 0.3) is 0 Å². The van der Waals surface area contributed by atoms with Gasteiger partial charge in [0.25, 0.3) is 0 Å². The van der Waals surface area contributed by atoms with E-state index in [0.717, 1.165) is 23.7 Å². The smallest absolute Gasteiger partial charge is 0.226 e. The molecule has 1 N–H and O–H groups in total. The van der Waals surface area contributed by atoms with Crippen LogP contribution in [-0.2, 0) is 16.0 Å². The molecule has 0 aromatic carbocycles. The molecule has 1 heterocycles. The summed E-state index contributed by atoms with van der Waals surface area (Å²) >= 11 is 1.57. The Hall–Kier alpha value is -0.940. The van der Waals surface area contributed by atoms with Gasteiger partial charge >= 0.3 is 0 Å². The molecular formula is C13H22N2O2S. The Morgan fingerprint density at radius 3 is 2.94 bits per heavy atom. The van der Waals surface area contributed by atoms with Gasteiger partial charge in [-0.3, -0.25) is 4.79 Å². The van der Waals surface area contributed by atoms with Gasteiger partial charge in [-0.25, -0.2) is 4.98 Å². The predicted molar refractivity (Wildman–Crippen MR) is 73.8 cm³/mol. The zero-order chi connectivity index (χ0) is 13.4. The summed E-state index contributed by atoms with van der Waals surface area (Å²) in [4.78, 5) is 15.8. The fraction of sp³-hybridized carbons (Fsp3) is 0.692. The summed E-state index contributed by atoms with van der Waals surface area (Å²) in [7, 11) is 0. The first-order chi connectivity index (χ1) is 8.58. The number of nitrogens with one attached hydrogen (secondary N) is 1. The van der Waals surface area contributed by atoms with Crippen molar-refractivity contribution in [3.8, 4) is 0 Å². The summed E-state index contributed by atoms with van der Waals surface area (Å²) in [6.07, 6.45) is 1.23. The molecule has 0 spiro atoms. The molecule has 5 heteroatoms. The maximum atomic E-state index is 11.6. The molecule has 1 aromatic heterocycles. The van der Waals surface area contributed by atoms with Gasteiger partial charge in [-0.15, -0.1) is 11.3 Å². The molecule has 0 saturated carbocycles. The summed E-state index contributed by atoms with van der Waals surface area (Å²) in [6, 6.07) is 0. The molecule has 0 aliphatic carbocycles. The topological polar surface area (TPSA) is 51.2 Å². The number of hydrogen-bond donors (Lipinski definition) is 1. The average molecular weight is 270 g/mol. The van der Waals surface area contributed by atoms with E-state index >= 15 is 0 Å². The van der Waals surface area contributed by atoms with Crippen molar-refractivity contribution in [3.63, 3.8) is 0 Å². The molecular weight excluding hydrogens is 248 g/mol. The lowest BCUT2D eigenvalue weighted by molar-refractivity contribution is -0.120. The molecule has 0 radical (unpaired) electrons. The van der Waals surface area contributed by atoms with Crippen LogP contribution in [0, 0.1) is 12.8 Å². The van der Waals surface area contributed by atoms with Crippen molar-refractivity contribution < 1.29 is 9.53 Å². The molecule has 0 saturated heterocycles. The number of aryl methyl sites for hydroxylation is 1. The second-order valence-corrected chi connectivity index (χ2v) is 5.77. The van der Waals surface area contributed by atoms with Crippen LogP contribution in [0.1, 0.15) is 31.0 Å². The van der Waals surface area contributed by atoms with Gasteiger partial charge in [0.1, 0.15) is 0 Å². The molecule has 102 valence electrons. The summed E-state index contributed by atoms with van der Waals surface area (Å²) in [5, 5.41) is 5.81. The maximum absolute atomic E-state index is 11.6. The SMILES string of the molecule is Cc1nc(CC(=O)NCCCOCC(C)C)cs1. The van der Waals surface area contributed by atoms with Gasteiger partial charge in [-0.05, 0) is 19.3 Å². The summed E-state index contributed by atoms with van der Waals surface area (Å²) in [6.45, 7) is 8.34. The molecule has 0 atom stereocenters. The number of carbonyl (C=O) groups excluding carboxylic acids is 1. The van der Waals surface area contributed by atoms with E-state index in [1.54, 1.807) is 11.3 Å². The first kappa shape index (κ1) is 15.1. The van der Waals surface area contributed by atoms with Crippen LogP contribution in [0.2, 0.25) is 0 Å². The van der Waals surface area contributed by atoms with Crippen molar-refractivity contribution in [1.82, 2.24) is 10.3 Å². The minimum absolute atomic E-state index is 0.0316. The lowest BCUT2D eigenvalue weighted by atomic mass is 10.2. The molecule has 18 heavy (non-hydrogen) atoms. The average Bonchev–Trinajstić information content (AvgIpc) is 2.68. The molecule has 1 amide bonds.